The molecule has 0 spiro atoms. The van der Waals surface area contributed by atoms with Gasteiger partial charge >= 0.3 is 12.0 Å². The third kappa shape index (κ3) is 4.14. The van der Waals surface area contributed by atoms with E-state index >= 15 is 0 Å². The highest BCUT2D eigenvalue weighted by molar-refractivity contribution is 6.25. The van der Waals surface area contributed by atoms with Crippen LogP contribution >= 0.6 is 0 Å². The highest BCUT2D eigenvalue weighted by atomic mass is 16.5. The Balaban J connectivity index is 1.58. The van der Waals surface area contributed by atoms with Crippen LogP contribution in [0.25, 0.3) is 10.8 Å². The van der Waals surface area contributed by atoms with Crippen molar-refractivity contribution in [3.05, 3.63) is 47.5 Å². The maximum Gasteiger partial charge on any atom is 0.321 e. The first-order valence-electron chi connectivity index (χ1n) is 9.43. The molecule has 0 radical (unpaired) electrons. The quantitative estimate of drug-likeness (QED) is 0.550. The number of carbonyl (C=O) groups excluding carboxylic acids is 5. The molecule has 0 saturated carbocycles. The molecule has 0 unspecified atom stereocenters. The smallest absolute Gasteiger partial charge is 0.321 e. The summed E-state index contributed by atoms with van der Waals surface area (Å²) < 4.78 is 4.98. The van der Waals surface area contributed by atoms with Gasteiger partial charge in [0.25, 0.3) is 17.7 Å². The Kier molecular flexibility index (Phi) is 6.10. The lowest BCUT2D eigenvalue weighted by Gasteiger charge is -2.27. The number of urea groups is 1. The first-order chi connectivity index (χ1) is 14.3. The second-order valence-corrected chi connectivity index (χ2v) is 6.78. The van der Waals surface area contributed by atoms with Crippen LogP contribution in [0, 0.1) is 0 Å². The lowest BCUT2D eigenvalue weighted by molar-refractivity contribution is -0.154. The number of ether oxygens (including phenoxy) is 1. The minimum atomic E-state index is -1.16. The van der Waals surface area contributed by atoms with E-state index in [0.29, 0.717) is 16.5 Å². The van der Waals surface area contributed by atoms with E-state index in [1.54, 1.807) is 24.3 Å². The Morgan fingerprint density at radius 3 is 2.20 bits per heavy atom. The lowest BCUT2D eigenvalue weighted by Crippen LogP contribution is -2.43. The predicted octanol–water partition coefficient (Wildman–Crippen LogP) is 1.60. The summed E-state index contributed by atoms with van der Waals surface area (Å²) >= 11 is 0. The fraction of sp³-hybridized carbons (Fsp3) is 0.286. The average Bonchev–Trinajstić information content (AvgIpc) is 2.73. The van der Waals surface area contributed by atoms with Gasteiger partial charge < -0.3 is 10.1 Å². The number of nitrogens with zero attached hydrogens (tertiary/aromatic N) is 1. The van der Waals surface area contributed by atoms with Gasteiger partial charge in [0, 0.05) is 36.5 Å². The Hall–Kier alpha value is -3.75. The van der Waals surface area contributed by atoms with Gasteiger partial charge in [-0.2, -0.15) is 0 Å². The number of amides is 5. The topological polar surface area (TPSA) is 122 Å². The van der Waals surface area contributed by atoms with Crippen LogP contribution in [0.15, 0.2) is 36.4 Å². The molecule has 0 aliphatic carbocycles. The van der Waals surface area contributed by atoms with Gasteiger partial charge in [0.15, 0.2) is 6.10 Å². The zero-order valence-corrected chi connectivity index (χ0v) is 16.6. The first-order valence-corrected chi connectivity index (χ1v) is 9.43. The number of hydrogen-bond donors (Lipinski definition) is 2. The summed E-state index contributed by atoms with van der Waals surface area (Å²) in [7, 11) is 1.35. The molecule has 9 nitrogen and oxygen atoms in total. The fourth-order valence-corrected chi connectivity index (χ4v) is 3.25. The Labute approximate surface area is 172 Å². The molecule has 9 heteroatoms. The van der Waals surface area contributed by atoms with E-state index in [2.05, 4.69) is 5.32 Å². The molecular formula is C21H21N3O6. The summed E-state index contributed by atoms with van der Waals surface area (Å²) in [6.07, 6.45) is -1.07. The van der Waals surface area contributed by atoms with E-state index in [1.807, 2.05) is 17.4 Å². The molecule has 2 aromatic carbocycles. The van der Waals surface area contributed by atoms with Gasteiger partial charge in [-0.1, -0.05) is 24.3 Å². The molecule has 1 aliphatic heterocycles. The minimum absolute atomic E-state index is 0.0380. The number of imide groups is 2. The first kappa shape index (κ1) is 21.0. The summed E-state index contributed by atoms with van der Waals surface area (Å²) in [5.41, 5.74) is 0.898. The molecule has 1 heterocycles. The highest BCUT2D eigenvalue weighted by Crippen LogP contribution is 2.30. The summed E-state index contributed by atoms with van der Waals surface area (Å²) in [6.45, 7) is 1.38. The van der Waals surface area contributed by atoms with Crippen molar-refractivity contribution in [1.82, 2.24) is 15.5 Å². The Morgan fingerprint density at radius 2 is 1.63 bits per heavy atom. The van der Waals surface area contributed by atoms with Gasteiger partial charge in [-0.3, -0.25) is 29.4 Å². The highest BCUT2D eigenvalue weighted by Gasteiger charge is 2.32. The molecule has 0 aromatic heterocycles. The number of esters is 1. The molecule has 3 rings (SSSR count). The van der Waals surface area contributed by atoms with Crippen molar-refractivity contribution in [2.45, 2.75) is 25.9 Å². The van der Waals surface area contributed by atoms with Crippen molar-refractivity contribution in [1.29, 1.82) is 0 Å². The maximum atomic E-state index is 12.8. The largest absolute Gasteiger partial charge is 0.453 e. The van der Waals surface area contributed by atoms with Crippen LogP contribution in [0.5, 0.6) is 0 Å². The summed E-state index contributed by atoms with van der Waals surface area (Å²) in [5, 5.41) is 5.68. The Bertz CT molecular complexity index is 997. The van der Waals surface area contributed by atoms with Crippen LogP contribution in [0.4, 0.5) is 4.79 Å². The second kappa shape index (κ2) is 8.73. The predicted molar refractivity (Wildman–Crippen MR) is 107 cm³/mol. The third-order valence-electron chi connectivity index (χ3n) is 4.76. The number of hydrogen-bond acceptors (Lipinski definition) is 6. The zero-order valence-electron chi connectivity index (χ0n) is 16.6. The van der Waals surface area contributed by atoms with Crippen LogP contribution in [-0.2, 0) is 14.3 Å². The van der Waals surface area contributed by atoms with Crippen molar-refractivity contribution in [2.75, 3.05) is 13.6 Å². The summed E-state index contributed by atoms with van der Waals surface area (Å²) in [6, 6.07) is 9.85. The molecule has 1 aliphatic rings. The molecule has 156 valence electrons. The molecule has 30 heavy (non-hydrogen) atoms. The normalized spacial score (nSPS) is 13.7. The van der Waals surface area contributed by atoms with Gasteiger partial charge in [0.05, 0.1) is 0 Å². The van der Waals surface area contributed by atoms with Crippen molar-refractivity contribution in [3.63, 3.8) is 0 Å². The van der Waals surface area contributed by atoms with Crippen LogP contribution in [-0.4, -0.2) is 54.3 Å². The van der Waals surface area contributed by atoms with Crippen molar-refractivity contribution in [2.24, 2.45) is 0 Å². The van der Waals surface area contributed by atoms with E-state index in [4.69, 9.17) is 4.74 Å². The molecule has 1 atom stereocenters. The van der Waals surface area contributed by atoms with E-state index in [0.717, 1.165) is 10.3 Å². The standard InChI is InChI=1S/C21H21N3O6/c1-12(18(26)23-21(29)22-2)30-16(25)10-5-11-24-19(27)14-8-3-6-13-7-4-9-15(17(13)14)20(24)28/h3-4,6-9,12H,5,10-11H2,1-2H3,(H2,22,23,26,29)/t12-/m1/s1. The van der Waals surface area contributed by atoms with Crippen molar-refractivity contribution < 1.29 is 28.7 Å². The third-order valence-corrected chi connectivity index (χ3v) is 4.76. The monoisotopic (exact) mass is 411 g/mol. The van der Waals surface area contributed by atoms with Crippen LogP contribution < -0.4 is 10.6 Å². The molecule has 2 N–H and O–H groups in total. The van der Waals surface area contributed by atoms with Gasteiger partial charge in [0.1, 0.15) is 0 Å². The number of nitrogens with one attached hydrogen (secondary N) is 2. The maximum absolute atomic E-state index is 12.8. The molecular weight excluding hydrogens is 390 g/mol. The fourth-order valence-electron chi connectivity index (χ4n) is 3.25. The lowest BCUT2D eigenvalue weighted by atomic mass is 9.94. The minimum Gasteiger partial charge on any atom is -0.453 e. The summed E-state index contributed by atoms with van der Waals surface area (Å²) in [4.78, 5) is 61.5. The zero-order chi connectivity index (χ0) is 21.8. The van der Waals surface area contributed by atoms with Crippen LogP contribution in [0.2, 0.25) is 0 Å². The van der Waals surface area contributed by atoms with Crippen molar-refractivity contribution >= 4 is 40.5 Å². The molecule has 2 aromatic rings. The van der Waals surface area contributed by atoms with Gasteiger partial charge in [-0.15, -0.1) is 0 Å². The average molecular weight is 411 g/mol. The van der Waals surface area contributed by atoms with Gasteiger partial charge in [-0.25, -0.2) is 4.79 Å². The number of carbonyl (C=O) groups is 5. The van der Waals surface area contributed by atoms with Crippen LogP contribution in [0.3, 0.4) is 0 Å². The van der Waals surface area contributed by atoms with Crippen LogP contribution in [0.1, 0.15) is 40.5 Å². The van der Waals surface area contributed by atoms with Crippen molar-refractivity contribution in [3.8, 4) is 0 Å². The molecule has 0 saturated heterocycles. The van der Waals surface area contributed by atoms with Gasteiger partial charge in [-0.05, 0) is 30.9 Å². The molecule has 0 bridgehead atoms. The number of benzene rings is 2. The van der Waals surface area contributed by atoms with Gasteiger partial charge in [0.2, 0.25) is 0 Å². The number of rotatable bonds is 6. The molecule has 0 fully saturated rings. The van der Waals surface area contributed by atoms with E-state index < -0.39 is 35.8 Å². The Morgan fingerprint density at radius 1 is 1.03 bits per heavy atom. The second-order valence-electron chi connectivity index (χ2n) is 6.78. The van der Waals surface area contributed by atoms with E-state index in [1.165, 1.54) is 14.0 Å². The SMILES string of the molecule is CNC(=O)NC(=O)[C@@H](C)OC(=O)CCCN1C(=O)c2cccc3cccc(c23)C1=O. The molecule has 5 amide bonds. The summed E-state index contributed by atoms with van der Waals surface area (Å²) in [5.74, 6) is -2.24. The van der Waals surface area contributed by atoms with E-state index in [9.17, 15) is 24.0 Å². The van der Waals surface area contributed by atoms with E-state index in [-0.39, 0.29) is 19.4 Å².